The van der Waals surface area contributed by atoms with Crippen LogP contribution in [-0.2, 0) is 16.4 Å². The minimum Gasteiger partial charge on any atom is -0.472 e. The van der Waals surface area contributed by atoms with Crippen molar-refractivity contribution in [2.45, 2.75) is 24.3 Å². The number of hydrogen-bond donors (Lipinski definition) is 1. The SMILES string of the molecule is C[C@H](Cc1ccoc1)NS(=O)(=O)c1cc(Cl)ccc1Cl. The summed E-state index contributed by atoms with van der Waals surface area (Å²) in [4.78, 5) is -0.0225. The number of furan rings is 1. The summed E-state index contributed by atoms with van der Waals surface area (Å²) in [6, 6.07) is 5.82. The maximum Gasteiger partial charge on any atom is 0.242 e. The molecule has 20 heavy (non-hydrogen) atoms. The molecule has 1 N–H and O–H groups in total. The van der Waals surface area contributed by atoms with Crippen molar-refractivity contribution in [2.24, 2.45) is 0 Å². The molecule has 0 aliphatic carbocycles. The number of halogens is 2. The normalized spacial score (nSPS) is 13.3. The summed E-state index contributed by atoms with van der Waals surface area (Å²) in [6.45, 7) is 1.77. The van der Waals surface area contributed by atoms with Crippen LogP contribution in [0.25, 0.3) is 0 Å². The first-order chi connectivity index (χ1) is 9.38. The lowest BCUT2D eigenvalue weighted by atomic mass is 10.1. The van der Waals surface area contributed by atoms with Crippen LogP contribution in [0.1, 0.15) is 12.5 Å². The molecule has 0 fully saturated rings. The van der Waals surface area contributed by atoms with Crippen LogP contribution in [-0.4, -0.2) is 14.5 Å². The van der Waals surface area contributed by atoms with Crippen LogP contribution < -0.4 is 4.72 Å². The van der Waals surface area contributed by atoms with Gasteiger partial charge in [0, 0.05) is 11.1 Å². The zero-order valence-electron chi connectivity index (χ0n) is 10.6. The predicted octanol–water partition coefficient (Wildman–Crippen LogP) is 3.50. The Kier molecular flexibility index (Phi) is 4.75. The molecule has 0 unspecified atom stereocenters. The highest BCUT2D eigenvalue weighted by Crippen LogP contribution is 2.25. The monoisotopic (exact) mass is 333 g/mol. The molecule has 7 heteroatoms. The molecule has 0 radical (unpaired) electrons. The van der Waals surface area contributed by atoms with E-state index in [-0.39, 0.29) is 16.0 Å². The molecule has 2 rings (SSSR count). The molecule has 1 atom stereocenters. The fraction of sp³-hybridized carbons (Fsp3) is 0.231. The van der Waals surface area contributed by atoms with E-state index in [0.29, 0.717) is 11.4 Å². The summed E-state index contributed by atoms with van der Waals surface area (Å²) in [5.41, 5.74) is 0.914. The average molecular weight is 334 g/mol. The van der Waals surface area contributed by atoms with Crippen molar-refractivity contribution in [1.82, 2.24) is 4.72 Å². The summed E-state index contributed by atoms with van der Waals surface area (Å²) >= 11 is 11.7. The van der Waals surface area contributed by atoms with Crippen molar-refractivity contribution in [3.05, 3.63) is 52.4 Å². The van der Waals surface area contributed by atoms with Crippen LogP contribution in [0.3, 0.4) is 0 Å². The molecule has 1 aromatic heterocycles. The van der Waals surface area contributed by atoms with Gasteiger partial charge in [-0.25, -0.2) is 13.1 Å². The van der Waals surface area contributed by atoms with E-state index in [9.17, 15) is 8.42 Å². The maximum absolute atomic E-state index is 12.3. The number of nitrogens with one attached hydrogen (secondary N) is 1. The van der Waals surface area contributed by atoms with Crippen molar-refractivity contribution in [3.8, 4) is 0 Å². The zero-order chi connectivity index (χ0) is 14.8. The van der Waals surface area contributed by atoms with E-state index in [0.717, 1.165) is 5.56 Å². The Balaban J connectivity index is 2.16. The molecule has 108 valence electrons. The van der Waals surface area contributed by atoms with E-state index >= 15 is 0 Å². The molecular formula is C13H13Cl2NO3S. The van der Waals surface area contributed by atoms with Gasteiger partial charge < -0.3 is 4.42 Å². The molecule has 0 saturated carbocycles. The van der Waals surface area contributed by atoms with Gasteiger partial charge >= 0.3 is 0 Å². The predicted molar refractivity (Wildman–Crippen MR) is 78.7 cm³/mol. The van der Waals surface area contributed by atoms with Gasteiger partial charge in [-0.05, 0) is 43.2 Å². The summed E-state index contributed by atoms with van der Waals surface area (Å²) in [6.07, 6.45) is 3.65. The lowest BCUT2D eigenvalue weighted by Crippen LogP contribution is -2.34. The third-order valence-corrected chi connectivity index (χ3v) is 4.97. The molecule has 2 aromatic rings. The van der Waals surface area contributed by atoms with Gasteiger partial charge in [-0.2, -0.15) is 0 Å². The van der Waals surface area contributed by atoms with Gasteiger partial charge in [-0.15, -0.1) is 0 Å². The van der Waals surface area contributed by atoms with Crippen molar-refractivity contribution in [1.29, 1.82) is 0 Å². The Hall–Kier alpha value is -1.01. The molecular weight excluding hydrogens is 321 g/mol. The topological polar surface area (TPSA) is 59.3 Å². The minimum absolute atomic E-state index is 0.0225. The van der Waals surface area contributed by atoms with E-state index in [2.05, 4.69) is 4.72 Å². The molecule has 0 spiro atoms. The van der Waals surface area contributed by atoms with Crippen LogP contribution in [0, 0.1) is 0 Å². The van der Waals surface area contributed by atoms with E-state index in [1.54, 1.807) is 25.5 Å². The van der Waals surface area contributed by atoms with Crippen LogP contribution in [0.15, 0.2) is 46.1 Å². The fourth-order valence-corrected chi connectivity index (χ4v) is 3.82. The molecule has 1 aromatic carbocycles. The van der Waals surface area contributed by atoms with Crippen molar-refractivity contribution >= 4 is 33.2 Å². The third-order valence-electron chi connectivity index (χ3n) is 2.66. The first-order valence-corrected chi connectivity index (χ1v) is 8.11. The van der Waals surface area contributed by atoms with Gasteiger partial charge in [-0.1, -0.05) is 23.2 Å². The van der Waals surface area contributed by atoms with Gasteiger partial charge in [0.25, 0.3) is 0 Å². The van der Waals surface area contributed by atoms with Gasteiger partial charge in [0.1, 0.15) is 4.90 Å². The quantitative estimate of drug-likeness (QED) is 0.910. The second kappa shape index (κ2) is 6.18. The van der Waals surface area contributed by atoms with Crippen LogP contribution in [0.2, 0.25) is 10.0 Å². The second-order valence-corrected chi connectivity index (χ2v) is 6.96. The Morgan fingerprint density at radius 1 is 1.30 bits per heavy atom. The second-order valence-electron chi connectivity index (χ2n) is 4.43. The first kappa shape index (κ1) is 15.4. The third kappa shape index (κ3) is 3.76. The van der Waals surface area contributed by atoms with Crippen LogP contribution >= 0.6 is 23.2 Å². The summed E-state index contributed by atoms with van der Waals surface area (Å²) in [5, 5.41) is 0.453. The largest absolute Gasteiger partial charge is 0.472 e. The van der Waals surface area contributed by atoms with E-state index in [1.165, 1.54) is 18.2 Å². The van der Waals surface area contributed by atoms with Gasteiger partial charge in [0.15, 0.2) is 0 Å². The molecule has 1 heterocycles. The van der Waals surface area contributed by atoms with E-state index < -0.39 is 10.0 Å². The highest BCUT2D eigenvalue weighted by molar-refractivity contribution is 7.89. The van der Waals surface area contributed by atoms with E-state index in [4.69, 9.17) is 27.6 Å². The molecule has 0 bridgehead atoms. The molecule has 4 nitrogen and oxygen atoms in total. The molecule has 0 amide bonds. The number of benzene rings is 1. The number of hydrogen-bond acceptors (Lipinski definition) is 3. The molecule has 0 saturated heterocycles. The van der Waals surface area contributed by atoms with Crippen LogP contribution in [0.4, 0.5) is 0 Å². The highest BCUT2D eigenvalue weighted by Gasteiger charge is 2.21. The van der Waals surface area contributed by atoms with Crippen molar-refractivity contribution < 1.29 is 12.8 Å². The first-order valence-electron chi connectivity index (χ1n) is 5.87. The fourth-order valence-electron chi connectivity index (χ4n) is 1.82. The van der Waals surface area contributed by atoms with Crippen molar-refractivity contribution in [3.63, 3.8) is 0 Å². The van der Waals surface area contributed by atoms with E-state index in [1.807, 2.05) is 0 Å². The average Bonchev–Trinajstić information content (AvgIpc) is 2.84. The standard InChI is InChI=1S/C13H13Cl2NO3S/c1-9(6-10-4-5-19-8-10)16-20(17,18)13-7-11(14)2-3-12(13)15/h2-5,7-9,16H,6H2,1H3/t9-/m1/s1. The maximum atomic E-state index is 12.3. The van der Waals surface area contributed by atoms with Crippen molar-refractivity contribution in [2.75, 3.05) is 0 Å². The Morgan fingerprint density at radius 2 is 2.05 bits per heavy atom. The Labute approximate surface area is 127 Å². The molecule has 0 aliphatic rings. The smallest absolute Gasteiger partial charge is 0.242 e. The highest BCUT2D eigenvalue weighted by atomic mass is 35.5. The Bertz CT molecular complexity index is 684. The van der Waals surface area contributed by atoms with Crippen LogP contribution in [0.5, 0.6) is 0 Å². The summed E-state index contributed by atoms with van der Waals surface area (Å²) < 4.78 is 32.0. The number of rotatable bonds is 5. The molecule has 0 aliphatic heterocycles. The zero-order valence-corrected chi connectivity index (χ0v) is 13.0. The van der Waals surface area contributed by atoms with Gasteiger partial charge in [0.05, 0.1) is 17.5 Å². The summed E-state index contributed by atoms with van der Waals surface area (Å²) in [7, 11) is -3.71. The Morgan fingerprint density at radius 3 is 2.70 bits per heavy atom. The number of sulfonamides is 1. The minimum atomic E-state index is -3.71. The van der Waals surface area contributed by atoms with Gasteiger partial charge in [0.2, 0.25) is 10.0 Å². The van der Waals surface area contributed by atoms with Gasteiger partial charge in [-0.3, -0.25) is 0 Å². The lowest BCUT2D eigenvalue weighted by molar-refractivity contribution is 0.549. The lowest BCUT2D eigenvalue weighted by Gasteiger charge is -2.14. The summed E-state index contributed by atoms with van der Waals surface area (Å²) in [5.74, 6) is 0.